The number of halogens is 1. The number of hydrogen-bond donors (Lipinski definition) is 0. The summed E-state index contributed by atoms with van der Waals surface area (Å²) in [7, 11) is -1.93. The lowest BCUT2D eigenvalue weighted by Crippen LogP contribution is -2.15. The van der Waals surface area contributed by atoms with E-state index in [9.17, 15) is 13.2 Å². The highest BCUT2D eigenvalue weighted by molar-refractivity contribution is 7.90. The van der Waals surface area contributed by atoms with E-state index < -0.39 is 15.8 Å². The summed E-state index contributed by atoms with van der Waals surface area (Å²) in [6, 6.07) is 4.23. The molecule has 0 atom stereocenters. The number of esters is 1. The van der Waals surface area contributed by atoms with Gasteiger partial charge >= 0.3 is 5.97 Å². The highest BCUT2D eigenvalue weighted by atomic mass is 35.5. The lowest BCUT2D eigenvalue weighted by Gasteiger charge is -2.14. The number of ether oxygens (including phenoxy) is 1. The number of sulfone groups is 1. The standard InChI is InChI=1S/C17H17ClN4O4S/c1-11-8-20-22(9-11)10-13-14(27(3,24)25)5-4-12(16(13)18)17(23)26-15-6-7-19-21(15)2/h4-9H,10H2,1-3H3. The first-order valence-corrected chi connectivity index (χ1v) is 10.1. The van der Waals surface area contributed by atoms with E-state index in [4.69, 9.17) is 16.3 Å². The molecule has 0 radical (unpaired) electrons. The fraction of sp³-hybridized carbons (Fsp3) is 0.235. The Morgan fingerprint density at radius 2 is 2.00 bits per heavy atom. The highest BCUT2D eigenvalue weighted by Crippen LogP contribution is 2.29. The summed E-state index contributed by atoms with van der Waals surface area (Å²) in [5.41, 5.74) is 1.25. The van der Waals surface area contributed by atoms with E-state index in [1.807, 2.05) is 6.92 Å². The molecule has 2 aromatic heterocycles. The van der Waals surface area contributed by atoms with E-state index in [1.165, 1.54) is 29.1 Å². The quantitative estimate of drug-likeness (QED) is 0.601. The number of aryl methyl sites for hydroxylation is 2. The Morgan fingerprint density at radius 3 is 2.56 bits per heavy atom. The van der Waals surface area contributed by atoms with Gasteiger partial charge in [-0.15, -0.1) is 0 Å². The zero-order valence-corrected chi connectivity index (χ0v) is 16.5. The number of carbonyl (C=O) groups excluding carboxylic acids is 1. The van der Waals surface area contributed by atoms with Crippen molar-refractivity contribution in [1.82, 2.24) is 19.6 Å². The molecule has 0 aliphatic heterocycles. The van der Waals surface area contributed by atoms with E-state index in [-0.39, 0.29) is 33.5 Å². The third-order valence-electron chi connectivity index (χ3n) is 3.88. The van der Waals surface area contributed by atoms with Crippen LogP contribution >= 0.6 is 11.6 Å². The van der Waals surface area contributed by atoms with Crippen molar-refractivity contribution in [2.24, 2.45) is 7.05 Å². The first kappa shape index (κ1) is 19.1. The Balaban J connectivity index is 2.04. The van der Waals surface area contributed by atoms with Crippen molar-refractivity contribution < 1.29 is 17.9 Å². The van der Waals surface area contributed by atoms with Gasteiger partial charge in [0.15, 0.2) is 9.84 Å². The predicted molar refractivity (Wildman–Crippen MR) is 98.8 cm³/mol. The van der Waals surface area contributed by atoms with Crippen molar-refractivity contribution in [3.8, 4) is 5.88 Å². The molecule has 142 valence electrons. The maximum atomic E-state index is 12.5. The molecule has 0 amide bonds. The van der Waals surface area contributed by atoms with E-state index in [0.29, 0.717) is 0 Å². The summed E-state index contributed by atoms with van der Waals surface area (Å²) in [6.07, 6.45) is 5.98. The Labute approximate surface area is 161 Å². The Hall–Kier alpha value is -2.65. The second kappa shape index (κ2) is 7.16. The van der Waals surface area contributed by atoms with Crippen LogP contribution in [-0.2, 0) is 23.4 Å². The fourth-order valence-electron chi connectivity index (χ4n) is 2.58. The zero-order valence-electron chi connectivity index (χ0n) is 14.9. The van der Waals surface area contributed by atoms with Crippen LogP contribution in [0.4, 0.5) is 0 Å². The summed E-state index contributed by atoms with van der Waals surface area (Å²) in [4.78, 5) is 12.6. The molecule has 0 saturated carbocycles. The minimum atomic E-state index is -3.56. The molecular formula is C17H17ClN4O4S. The maximum Gasteiger partial charge on any atom is 0.346 e. The monoisotopic (exact) mass is 408 g/mol. The number of hydrogen-bond acceptors (Lipinski definition) is 6. The average molecular weight is 409 g/mol. The molecule has 0 spiro atoms. The SMILES string of the molecule is Cc1cnn(Cc2c(S(C)(=O)=O)ccc(C(=O)Oc3ccnn3C)c2Cl)c1. The molecule has 0 aliphatic rings. The molecular weight excluding hydrogens is 392 g/mol. The van der Waals surface area contributed by atoms with E-state index in [0.717, 1.165) is 11.8 Å². The molecule has 0 bridgehead atoms. The summed E-state index contributed by atoms with van der Waals surface area (Å²) >= 11 is 6.42. The molecule has 3 rings (SSSR count). The summed E-state index contributed by atoms with van der Waals surface area (Å²) < 4.78 is 32.6. The van der Waals surface area contributed by atoms with Gasteiger partial charge in [-0.3, -0.25) is 4.68 Å². The minimum Gasteiger partial charge on any atom is -0.404 e. The number of aromatic nitrogens is 4. The second-order valence-electron chi connectivity index (χ2n) is 6.07. The largest absolute Gasteiger partial charge is 0.404 e. The van der Waals surface area contributed by atoms with Crippen LogP contribution in [0.3, 0.4) is 0 Å². The number of benzene rings is 1. The van der Waals surface area contributed by atoms with Crippen molar-refractivity contribution in [3.05, 3.63) is 58.5 Å². The highest BCUT2D eigenvalue weighted by Gasteiger charge is 2.23. The van der Waals surface area contributed by atoms with Gasteiger partial charge in [0.25, 0.3) is 0 Å². The molecule has 3 aromatic rings. The lowest BCUT2D eigenvalue weighted by atomic mass is 10.1. The molecule has 0 unspecified atom stereocenters. The van der Waals surface area contributed by atoms with Crippen LogP contribution in [-0.4, -0.2) is 40.2 Å². The van der Waals surface area contributed by atoms with Crippen molar-refractivity contribution in [2.45, 2.75) is 18.4 Å². The Morgan fingerprint density at radius 1 is 1.26 bits per heavy atom. The first-order chi connectivity index (χ1) is 12.7. The van der Waals surface area contributed by atoms with Crippen molar-refractivity contribution in [1.29, 1.82) is 0 Å². The number of nitrogens with zero attached hydrogens (tertiary/aromatic N) is 4. The van der Waals surface area contributed by atoms with Crippen LogP contribution in [0.25, 0.3) is 0 Å². The number of carbonyl (C=O) groups is 1. The second-order valence-corrected chi connectivity index (χ2v) is 8.44. The fourth-order valence-corrected chi connectivity index (χ4v) is 3.87. The van der Waals surface area contributed by atoms with Crippen LogP contribution in [0.2, 0.25) is 5.02 Å². The van der Waals surface area contributed by atoms with Gasteiger partial charge in [0.2, 0.25) is 5.88 Å². The van der Waals surface area contributed by atoms with Gasteiger partial charge in [-0.1, -0.05) is 11.6 Å². The Kier molecular flexibility index (Phi) is 5.07. The van der Waals surface area contributed by atoms with Gasteiger partial charge in [-0.25, -0.2) is 17.9 Å². The van der Waals surface area contributed by atoms with E-state index >= 15 is 0 Å². The van der Waals surface area contributed by atoms with Crippen molar-refractivity contribution >= 4 is 27.4 Å². The molecule has 0 fully saturated rings. The summed E-state index contributed by atoms with van der Waals surface area (Å²) in [6.45, 7) is 1.96. The molecule has 0 aliphatic carbocycles. The molecule has 10 heteroatoms. The van der Waals surface area contributed by atoms with Crippen LogP contribution in [0.15, 0.2) is 41.7 Å². The first-order valence-electron chi connectivity index (χ1n) is 7.87. The van der Waals surface area contributed by atoms with Crippen LogP contribution in [0, 0.1) is 6.92 Å². The van der Waals surface area contributed by atoms with Crippen LogP contribution in [0.5, 0.6) is 5.88 Å². The van der Waals surface area contributed by atoms with Gasteiger partial charge in [-0.05, 0) is 24.6 Å². The predicted octanol–water partition coefficient (Wildman–Crippen LogP) is 2.25. The average Bonchev–Trinajstić information content (AvgIpc) is 3.16. The summed E-state index contributed by atoms with van der Waals surface area (Å²) in [5, 5.41) is 8.09. The van der Waals surface area contributed by atoms with E-state index in [1.54, 1.807) is 24.1 Å². The molecule has 0 saturated heterocycles. The maximum absolute atomic E-state index is 12.5. The van der Waals surface area contributed by atoms with Gasteiger partial charge in [0, 0.05) is 31.1 Å². The molecule has 0 N–H and O–H groups in total. The third kappa shape index (κ3) is 4.04. The van der Waals surface area contributed by atoms with Gasteiger partial charge < -0.3 is 4.74 Å². The van der Waals surface area contributed by atoms with Gasteiger partial charge in [0.1, 0.15) is 0 Å². The molecule has 8 nitrogen and oxygen atoms in total. The van der Waals surface area contributed by atoms with Gasteiger partial charge in [-0.2, -0.15) is 10.2 Å². The number of rotatable bonds is 5. The molecule has 1 aromatic carbocycles. The molecule has 2 heterocycles. The van der Waals surface area contributed by atoms with Crippen LogP contribution in [0.1, 0.15) is 21.5 Å². The smallest absolute Gasteiger partial charge is 0.346 e. The third-order valence-corrected chi connectivity index (χ3v) is 5.49. The lowest BCUT2D eigenvalue weighted by molar-refractivity contribution is 0.0720. The molecule has 27 heavy (non-hydrogen) atoms. The van der Waals surface area contributed by atoms with Crippen molar-refractivity contribution in [2.75, 3.05) is 6.26 Å². The minimum absolute atomic E-state index is 0.0123. The van der Waals surface area contributed by atoms with Crippen LogP contribution < -0.4 is 4.74 Å². The van der Waals surface area contributed by atoms with Crippen molar-refractivity contribution in [3.63, 3.8) is 0 Å². The topological polar surface area (TPSA) is 96.1 Å². The van der Waals surface area contributed by atoms with E-state index in [2.05, 4.69) is 10.2 Å². The summed E-state index contributed by atoms with van der Waals surface area (Å²) in [5.74, 6) is -0.464. The van der Waals surface area contributed by atoms with Gasteiger partial charge in [0.05, 0.1) is 34.4 Å². The normalized spacial score (nSPS) is 11.6. The Bertz CT molecular complexity index is 1120. The zero-order chi connectivity index (χ0) is 19.8.